The molecule has 3 aliphatic carbocycles. The summed E-state index contributed by atoms with van der Waals surface area (Å²) in [6, 6.07) is 2.20. The molecule has 2 aliphatic heterocycles. The highest BCUT2D eigenvalue weighted by Crippen LogP contribution is 2.44. The van der Waals surface area contributed by atoms with Gasteiger partial charge < -0.3 is 34.3 Å². The summed E-state index contributed by atoms with van der Waals surface area (Å²) in [6.07, 6.45) is 12.8. The number of hydrogen-bond donors (Lipinski definition) is 3. The molecule has 0 radical (unpaired) electrons. The van der Waals surface area contributed by atoms with E-state index in [0.717, 1.165) is 19.3 Å². The van der Waals surface area contributed by atoms with Gasteiger partial charge in [-0.2, -0.15) is 0 Å². The number of fused-ring (bicyclic) bond motifs is 5. The number of nitrogens with zero attached hydrogens (tertiary/aromatic N) is 4. The van der Waals surface area contributed by atoms with Crippen LogP contribution in [0.4, 0.5) is 9.18 Å². The van der Waals surface area contributed by atoms with Crippen molar-refractivity contribution in [3.8, 4) is 11.6 Å². The quantitative estimate of drug-likeness (QED) is 0.235. The van der Waals surface area contributed by atoms with Gasteiger partial charge >= 0.3 is 6.09 Å². The molecular formula is C45H56FN7O9S. The van der Waals surface area contributed by atoms with Crippen LogP contribution in [0.2, 0.25) is 0 Å². The summed E-state index contributed by atoms with van der Waals surface area (Å²) < 4.78 is 64.1. The molecule has 3 fully saturated rings. The van der Waals surface area contributed by atoms with Crippen molar-refractivity contribution in [2.24, 2.45) is 17.3 Å². The predicted molar refractivity (Wildman–Crippen MR) is 229 cm³/mol. The van der Waals surface area contributed by atoms with Gasteiger partial charge in [-0.05, 0) is 68.9 Å². The Balaban J connectivity index is 1.16. The number of alkyl carbamates (subject to hydrolysis) is 1. The van der Waals surface area contributed by atoms with Gasteiger partial charge in [0.05, 0.1) is 29.7 Å². The number of hydrogen-bond acceptors (Lipinski definition) is 11. The van der Waals surface area contributed by atoms with Crippen LogP contribution in [0, 0.1) is 23.1 Å². The van der Waals surface area contributed by atoms with E-state index in [-0.39, 0.29) is 43.0 Å². The molecule has 3 N–H and O–H groups in total. The molecule has 5 aliphatic rings. The first kappa shape index (κ1) is 44.1. The highest BCUT2D eigenvalue weighted by molar-refractivity contribution is 7.91. The van der Waals surface area contributed by atoms with Gasteiger partial charge in [-0.3, -0.25) is 19.1 Å². The molecule has 4 amide bonds. The number of carbonyl (C=O) groups excluding carboxylic acids is 4. The van der Waals surface area contributed by atoms with Gasteiger partial charge in [0.25, 0.3) is 5.91 Å². The van der Waals surface area contributed by atoms with E-state index in [4.69, 9.17) is 19.2 Å². The lowest BCUT2D eigenvalue weighted by Gasteiger charge is -2.42. The van der Waals surface area contributed by atoms with E-state index in [2.05, 4.69) is 26.9 Å². The lowest BCUT2D eigenvalue weighted by atomic mass is 9.73. The molecule has 18 heteroatoms. The second-order valence-electron chi connectivity index (χ2n) is 18.8. The SMILES string of the molecule is C=CC1C=CC1(NC(=O)C1CC2CN1C(=O)C(C(C)(C)C)NC(=O)OC1CC1CCCCCc1c(nc3c(F)cccc3c1OCCn1ccnc1)O2)C(=O)NS(=O)(=O)C1(C)CC1. The maximum absolute atomic E-state index is 15.7. The van der Waals surface area contributed by atoms with Gasteiger partial charge in [-0.1, -0.05) is 57.9 Å². The Morgan fingerprint density at radius 2 is 1.94 bits per heavy atom. The number of para-hydroxylation sites is 1. The summed E-state index contributed by atoms with van der Waals surface area (Å²) in [7, 11) is -4.10. The van der Waals surface area contributed by atoms with Crippen LogP contribution in [0.3, 0.4) is 0 Å². The summed E-state index contributed by atoms with van der Waals surface area (Å²) in [4.78, 5) is 67.1. The molecule has 63 heavy (non-hydrogen) atoms. The van der Waals surface area contributed by atoms with Crippen molar-refractivity contribution in [2.75, 3.05) is 13.2 Å². The standard InChI is InChI=1S/C45H56FN7O9S/c1-6-28-15-16-45(28,41(56)51-63(58,59)44(5)17-18-44)50-38(54)33-24-29-25-53(33)40(55)37(43(2,3)4)49-42(57)62-34-23-27(34)11-8-7-9-12-31-36(60-22-21-52-20-19-47-26-52)30-13-10-14-32(46)35(30)48-39(31)61-29/h6,10,13-16,19-20,26-29,33-34,37H,1,7-9,11-12,17-18,21-25H2,2-5H3,(H,49,57)(H,50,54)(H,51,56). The second kappa shape index (κ2) is 16.9. The first-order valence-corrected chi connectivity index (χ1v) is 23.3. The second-order valence-corrected chi connectivity index (χ2v) is 21.0. The fraction of sp³-hybridized carbons (Fsp3) is 0.556. The zero-order valence-corrected chi connectivity index (χ0v) is 36.9. The summed E-state index contributed by atoms with van der Waals surface area (Å²) in [6.45, 7) is 11.2. The number of pyridine rings is 1. The summed E-state index contributed by atoms with van der Waals surface area (Å²) in [5.41, 5.74) is -2.06. The number of rotatable bonds is 10. The van der Waals surface area contributed by atoms with Crippen molar-refractivity contribution >= 4 is 44.7 Å². The van der Waals surface area contributed by atoms with Crippen molar-refractivity contribution in [1.82, 2.24) is 34.8 Å². The van der Waals surface area contributed by atoms with E-state index in [0.29, 0.717) is 55.3 Å². The fourth-order valence-corrected chi connectivity index (χ4v) is 10.0. The Labute approximate surface area is 366 Å². The van der Waals surface area contributed by atoms with Crippen molar-refractivity contribution in [1.29, 1.82) is 0 Å². The molecule has 7 unspecified atom stereocenters. The molecule has 3 aromatic rings. The minimum absolute atomic E-state index is 0.0294. The topological polar surface area (TPSA) is 200 Å². The molecule has 8 rings (SSSR count). The number of benzene rings is 1. The van der Waals surface area contributed by atoms with Crippen molar-refractivity contribution in [2.45, 2.75) is 127 Å². The molecule has 7 atom stereocenters. The molecule has 1 aromatic carbocycles. The Morgan fingerprint density at radius 1 is 1.14 bits per heavy atom. The molecule has 1 saturated heterocycles. The average molecular weight is 890 g/mol. The summed E-state index contributed by atoms with van der Waals surface area (Å²) in [5, 5.41) is 6.04. The third kappa shape index (κ3) is 8.87. The van der Waals surface area contributed by atoms with E-state index in [1.165, 1.54) is 23.1 Å². The van der Waals surface area contributed by atoms with E-state index < -0.39 is 79.5 Å². The number of imidazole rings is 1. The fourth-order valence-electron chi connectivity index (χ4n) is 8.72. The van der Waals surface area contributed by atoms with Gasteiger partial charge in [0, 0.05) is 30.1 Å². The van der Waals surface area contributed by atoms with Crippen molar-refractivity contribution in [3.63, 3.8) is 0 Å². The molecule has 16 nitrogen and oxygen atoms in total. The smallest absolute Gasteiger partial charge is 0.408 e. The minimum atomic E-state index is -4.10. The molecule has 2 aromatic heterocycles. The number of sulfonamides is 1. The number of amides is 4. The van der Waals surface area contributed by atoms with Crippen LogP contribution in [0.1, 0.15) is 84.6 Å². The van der Waals surface area contributed by atoms with Crippen LogP contribution in [0.25, 0.3) is 10.9 Å². The highest BCUT2D eigenvalue weighted by atomic mass is 32.2. The number of nitrogens with one attached hydrogen (secondary N) is 3. The first-order valence-electron chi connectivity index (χ1n) is 21.8. The van der Waals surface area contributed by atoms with Crippen molar-refractivity contribution in [3.05, 3.63) is 73.1 Å². The lowest BCUT2D eigenvalue weighted by Crippen LogP contribution is -2.68. The lowest BCUT2D eigenvalue weighted by molar-refractivity contribution is -0.143. The van der Waals surface area contributed by atoms with E-state index in [9.17, 15) is 27.6 Å². The third-order valence-corrected chi connectivity index (χ3v) is 15.3. The summed E-state index contributed by atoms with van der Waals surface area (Å²) in [5.74, 6) is -2.99. The Bertz CT molecular complexity index is 2430. The zero-order chi connectivity index (χ0) is 44.9. The normalized spacial score (nSPS) is 28.1. The Kier molecular flexibility index (Phi) is 11.8. The number of ether oxygens (including phenoxy) is 3. The maximum Gasteiger partial charge on any atom is 0.408 e. The number of aromatic nitrogens is 3. The van der Waals surface area contributed by atoms with Crippen molar-refractivity contribution < 1.29 is 46.2 Å². The highest BCUT2D eigenvalue weighted by Gasteiger charge is 2.56. The molecule has 2 bridgehead atoms. The first-order chi connectivity index (χ1) is 29.9. The molecule has 0 spiro atoms. The monoisotopic (exact) mass is 889 g/mol. The maximum atomic E-state index is 15.7. The van der Waals surface area contributed by atoms with Crippen LogP contribution in [-0.2, 0) is 42.1 Å². The van der Waals surface area contributed by atoms with Gasteiger partial charge in [-0.25, -0.2) is 27.6 Å². The summed E-state index contributed by atoms with van der Waals surface area (Å²) >= 11 is 0. The zero-order valence-electron chi connectivity index (χ0n) is 36.1. The van der Waals surface area contributed by atoms with Crippen LogP contribution >= 0.6 is 0 Å². The minimum Gasteiger partial charge on any atom is -0.491 e. The number of carbonyl (C=O) groups is 4. The number of halogens is 1. The van der Waals surface area contributed by atoms with Crippen LogP contribution < -0.4 is 24.8 Å². The molecule has 2 saturated carbocycles. The third-order valence-electron chi connectivity index (χ3n) is 13.1. The van der Waals surface area contributed by atoms with E-state index in [1.807, 2.05) is 10.8 Å². The van der Waals surface area contributed by atoms with E-state index in [1.54, 1.807) is 58.4 Å². The largest absolute Gasteiger partial charge is 0.491 e. The average Bonchev–Trinajstić information content (AvgIpc) is 4.01. The molecular weight excluding hydrogens is 834 g/mol. The van der Waals surface area contributed by atoms with Gasteiger partial charge in [0.15, 0.2) is 0 Å². The molecule has 338 valence electrons. The van der Waals surface area contributed by atoms with Gasteiger partial charge in [0.1, 0.15) is 53.5 Å². The predicted octanol–water partition coefficient (Wildman–Crippen LogP) is 4.87. The van der Waals surface area contributed by atoms with Gasteiger partial charge in [-0.15, -0.1) is 6.58 Å². The Morgan fingerprint density at radius 3 is 2.62 bits per heavy atom. The van der Waals surface area contributed by atoms with Crippen LogP contribution in [0.15, 0.2) is 61.7 Å². The molecule has 4 heterocycles. The van der Waals surface area contributed by atoms with E-state index >= 15 is 4.39 Å². The van der Waals surface area contributed by atoms with Crippen LogP contribution in [0.5, 0.6) is 11.6 Å². The Hall–Kier alpha value is -5.52. The van der Waals surface area contributed by atoms with Crippen LogP contribution in [-0.4, -0.2) is 99.4 Å². The van der Waals surface area contributed by atoms with Gasteiger partial charge in [0.2, 0.25) is 27.7 Å².